The number of ether oxygens (including phenoxy) is 4. The van der Waals surface area contributed by atoms with Crippen LogP contribution in [0.5, 0.6) is 0 Å². The fraction of sp³-hybridized carbons (Fsp3) is 0.667. The van der Waals surface area contributed by atoms with E-state index in [0.29, 0.717) is 0 Å². The average Bonchev–Trinajstić information content (AvgIpc) is 3.80. The van der Waals surface area contributed by atoms with Crippen molar-refractivity contribution in [3.05, 3.63) is 46.1 Å². The SMILES string of the molecule is O.O.O.O.OCC(O)C1OCC(O)=C1O.OCC(O)C1OCC(O)=C1O.[Na+].[Na+].[O-]C1=C(O)COC1C(O)CO.[O-]C1=C(O)COC1C(O)CO.[O]=[Ge]. The minimum absolute atomic E-state index is 0. The van der Waals surface area contributed by atoms with Crippen LogP contribution in [0.3, 0.4) is 0 Å². The standard InChI is InChI=1S/4C6H10O5.GeO.2Na.4H2O/c4*7-1-3(8)6-5(10)4(9)2-11-6;1-2;;;;;;/h4*3,6-10H,1-2H2;;;;4*1H2/q;;;;;2*+1;;;;/p-2. The summed E-state index contributed by atoms with van der Waals surface area (Å²) in [6, 6.07) is 0. The second-order valence-electron chi connectivity index (χ2n) is 9.21. The molecule has 4 aliphatic heterocycles. The Morgan fingerprint density at radius 1 is 0.481 bits per heavy atom. The molecule has 0 aromatic rings. The van der Waals surface area contributed by atoms with E-state index in [4.69, 9.17) is 84.7 Å². The van der Waals surface area contributed by atoms with Gasteiger partial charge in [0.15, 0.2) is 23.0 Å². The molecule has 8 atom stereocenters. The zero-order valence-corrected chi connectivity index (χ0v) is 34.0. The van der Waals surface area contributed by atoms with Crippen LogP contribution in [0.25, 0.3) is 0 Å². The zero-order chi connectivity index (χ0) is 35.7. The maximum atomic E-state index is 10.8. The molecule has 0 saturated carbocycles. The van der Waals surface area contributed by atoms with Gasteiger partial charge >= 0.3 is 79.3 Å². The minimum atomic E-state index is -1.24. The van der Waals surface area contributed by atoms with Crippen molar-refractivity contribution >= 4 is 16.5 Å². The van der Waals surface area contributed by atoms with E-state index in [1.165, 1.54) is 0 Å². The van der Waals surface area contributed by atoms with Crippen LogP contribution in [0.15, 0.2) is 46.1 Å². The summed E-state index contributed by atoms with van der Waals surface area (Å²) in [5.41, 5.74) is 0. The Morgan fingerprint density at radius 3 is 0.827 bits per heavy atom. The van der Waals surface area contributed by atoms with Gasteiger partial charge in [-0.2, -0.15) is 0 Å². The number of hydrogen-bond donors (Lipinski definition) is 14. The van der Waals surface area contributed by atoms with Gasteiger partial charge in [0.2, 0.25) is 0 Å². The molecule has 8 unspecified atom stereocenters. The summed E-state index contributed by atoms with van der Waals surface area (Å²) in [6.07, 6.45) is -9.02. The average molecular weight is 853 g/mol. The molecule has 0 saturated heterocycles. The van der Waals surface area contributed by atoms with E-state index in [1.54, 1.807) is 0 Å². The van der Waals surface area contributed by atoms with E-state index < -0.39 is 110 Å². The molecule has 4 heterocycles. The van der Waals surface area contributed by atoms with E-state index in [9.17, 15) is 10.2 Å². The molecule has 0 fully saturated rings. The van der Waals surface area contributed by atoms with Gasteiger partial charge in [0.1, 0.15) is 86.8 Å². The van der Waals surface area contributed by atoms with Crippen LogP contribution in [0, 0.1) is 0 Å². The number of hydrogen-bond acceptors (Lipinski definition) is 21. The molecule has 2 radical (unpaired) electrons. The summed E-state index contributed by atoms with van der Waals surface area (Å²) >= 11 is 0.750. The number of aliphatic hydroxyl groups excluding tert-OH is 14. The Morgan fingerprint density at radius 2 is 0.673 bits per heavy atom. The van der Waals surface area contributed by atoms with Crippen molar-refractivity contribution in [1.29, 1.82) is 0 Å². The van der Waals surface area contributed by atoms with E-state index in [2.05, 4.69) is 9.47 Å². The second kappa shape index (κ2) is 34.5. The predicted molar refractivity (Wildman–Crippen MR) is 156 cm³/mol. The monoisotopic (exact) mass is 854 g/mol. The zero-order valence-electron chi connectivity index (χ0n) is 27.9. The van der Waals surface area contributed by atoms with Gasteiger partial charge < -0.3 is 123 Å². The van der Waals surface area contributed by atoms with E-state index >= 15 is 0 Å². The van der Waals surface area contributed by atoms with Crippen molar-refractivity contribution in [2.24, 2.45) is 0 Å². The molecular weight excluding hydrogens is 807 g/mol. The molecule has 0 aromatic carbocycles. The van der Waals surface area contributed by atoms with Gasteiger partial charge in [0, 0.05) is 0 Å². The first-order valence-corrected chi connectivity index (χ1v) is 13.7. The fourth-order valence-corrected chi connectivity index (χ4v) is 3.47. The van der Waals surface area contributed by atoms with Gasteiger partial charge in [-0.1, -0.05) is 11.5 Å². The van der Waals surface area contributed by atoms with Crippen LogP contribution in [-0.2, 0) is 22.7 Å². The van der Waals surface area contributed by atoms with Crippen LogP contribution < -0.4 is 69.3 Å². The van der Waals surface area contributed by atoms with Crippen molar-refractivity contribution in [3.8, 4) is 0 Å². The van der Waals surface area contributed by atoms with Gasteiger partial charge in [-0.25, -0.2) is 0 Å². The topological polar surface area (TPSA) is 509 Å². The van der Waals surface area contributed by atoms with Crippen molar-refractivity contribution in [2.45, 2.75) is 48.8 Å². The predicted octanol–water partition coefficient (Wildman–Crippen LogP) is -15.9. The fourth-order valence-electron chi connectivity index (χ4n) is 3.47. The normalized spacial score (nSPS) is 23.5. The van der Waals surface area contributed by atoms with E-state index in [1.807, 2.05) is 0 Å². The van der Waals surface area contributed by atoms with Gasteiger partial charge in [0.25, 0.3) is 0 Å². The first kappa shape index (κ1) is 65.9. The molecule has 298 valence electrons. The third-order valence-corrected chi connectivity index (χ3v) is 5.96. The van der Waals surface area contributed by atoms with Crippen LogP contribution in [0.4, 0.5) is 0 Å². The number of aliphatic hydroxyl groups is 14. The quantitative estimate of drug-likeness (QED) is 0.101. The summed E-state index contributed by atoms with van der Waals surface area (Å²) < 4.78 is 27.1. The van der Waals surface area contributed by atoms with Gasteiger partial charge in [-0.15, -0.1) is 0 Å². The summed E-state index contributed by atoms with van der Waals surface area (Å²) in [6.45, 7) is -2.72. The summed E-state index contributed by atoms with van der Waals surface area (Å²) in [4.78, 5) is 0. The van der Waals surface area contributed by atoms with Crippen LogP contribution in [0.1, 0.15) is 0 Å². The summed E-state index contributed by atoms with van der Waals surface area (Å²) in [5, 5.41) is 144. The Labute approximate surface area is 347 Å². The molecule has 52 heavy (non-hydrogen) atoms. The van der Waals surface area contributed by atoms with Crippen LogP contribution in [0.2, 0.25) is 0 Å². The molecular formula is C24H46GeNa2O25. The van der Waals surface area contributed by atoms with E-state index in [-0.39, 0.29) is 119 Å². The maximum absolute atomic E-state index is 10.8. The third-order valence-electron chi connectivity index (χ3n) is 5.96. The molecule has 0 spiro atoms. The molecule has 25 nitrogen and oxygen atoms in total. The molecule has 0 aliphatic carbocycles. The van der Waals surface area contributed by atoms with E-state index in [0.717, 1.165) is 16.5 Å². The molecule has 0 amide bonds. The van der Waals surface area contributed by atoms with Crippen molar-refractivity contribution in [2.75, 3.05) is 52.9 Å². The second-order valence-corrected chi connectivity index (χ2v) is 9.21. The Hall–Kier alpha value is -0.937. The van der Waals surface area contributed by atoms with Gasteiger partial charge in [-0.3, -0.25) is 0 Å². The van der Waals surface area contributed by atoms with Crippen LogP contribution >= 0.6 is 0 Å². The van der Waals surface area contributed by atoms with Crippen molar-refractivity contribution in [1.82, 2.24) is 0 Å². The first-order chi connectivity index (χ1) is 21.7. The van der Waals surface area contributed by atoms with Crippen molar-refractivity contribution < 1.29 is 185 Å². The van der Waals surface area contributed by atoms with Gasteiger partial charge in [0.05, 0.1) is 26.4 Å². The van der Waals surface area contributed by atoms with Crippen LogP contribution in [-0.4, -0.2) is 212 Å². The van der Waals surface area contributed by atoms with Crippen molar-refractivity contribution in [3.63, 3.8) is 0 Å². The molecule has 4 aliphatic rings. The number of rotatable bonds is 8. The Balaban J connectivity index is -0.0000000984. The molecule has 28 heteroatoms. The third kappa shape index (κ3) is 20.1. The Kier molecular flexibility index (Phi) is 43.8. The Bertz CT molecular complexity index is 903. The van der Waals surface area contributed by atoms with Gasteiger partial charge in [-0.05, 0) is 0 Å². The molecule has 0 bridgehead atoms. The summed E-state index contributed by atoms with van der Waals surface area (Å²) in [5.74, 6) is -3.47. The summed E-state index contributed by atoms with van der Waals surface area (Å²) in [7, 11) is 0. The molecule has 0 aromatic heterocycles. The molecule has 4 rings (SSSR count). The first-order valence-electron chi connectivity index (χ1n) is 12.9. The molecule has 22 N–H and O–H groups in total.